The molecular weight excluding hydrogens is 392 g/mol. The van der Waals surface area contributed by atoms with Gasteiger partial charge in [-0.05, 0) is 48.5 Å². The molecule has 162 valence electrons. The van der Waals surface area contributed by atoms with Crippen LogP contribution >= 0.6 is 11.8 Å². The molecule has 1 aromatic heterocycles. The van der Waals surface area contributed by atoms with Crippen LogP contribution in [0.15, 0.2) is 46.4 Å². The average molecular weight is 427 g/mol. The highest BCUT2D eigenvalue weighted by molar-refractivity contribution is 7.98. The van der Waals surface area contributed by atoms with E-state index in [0.29, 0.717) is 6.54 Å². The number of aliphatic imine (C=N–C) groups is 1. The van der Waals surface area contributed by atoms with Crippen molar-refractivity contribution in [1.82, 2.24) is 20.5 Å². The fraction of sp³-hybridized carbons (Fsp3) is 0.478. The maximum absolute atomic E-state index is 4.69. The molecule has 30 heavy (non-hydrogen) atoms. The number of hydrogen-bond acceptors (Lipinski definition) is 5. The van der Waals surface area contributed by atoms with Crippen LogP contribution < -0.4 is 15.5 Å². The van der Waals surface area contributed by atoms with Crippen molar-refractivity contribution in [2.75, 3.05) is 50.9 Å². The first kappa shape index (κ1) is 22.4. The number of rotatable bonds is 7. The van der Waals surface area contributed by atoms with Gasteiger partial charge in [0.05, 0.1) is 0 Å². The van der Waals surface area contributed by atoms with E-state index in [-0.39, 0.29) is 0 Å². The van der Waals surface area contributed by atoms with Crippen molar-refractivity contribution in [3.05, 3.63) is 53.2 Å². The summed E-state index contributed by atoms with van der Waals surface area (Å²) in [7, 11) is 1.80. The minimum atomic E-state index is 0.694. The zero-order chi connectivity index (χ0) is 21.3. The largest absolute Gasteiger partial charge is 0.354 e. The number of aryl methyl sites for hydroxylation is 1. The lowest BCUT2D eigenvalue weighted by Crippen LogP contribution is -2.46. The highest BCUT2D eigenvalue weighted by Gasteiger charge is 2.16. The standard InChI is InChI=1S/C23H34N6S/c1-5-28-10-12-29(13-11-28)22-9-7-19(15-25-22)16-26-23(24-3)27-17-20-8-6-18(2)14-21(20)30-4/h6-9,14-15H,5,10-13,16-17H2,1-4H3,(H2,24,26,27). The Hall–Kier alpha value is -2.25. The Labute approximate surface area is 185 Å². The Morgan fingerprint density at radius 3 is 2.50 bits per heavy atom. The second-order valence-electron chi connectivity index (χ2n) is 7.54. The topological polar surface area (TPSA) is 55.8 Å². The fourth-order valence-corrected chi connectivity index (χ4v) is 4.29. The number of anilines is 1. The predicted molar refractivity (Wildman–Crippen MR) is 129 cm³/mol. The van der Waals surface area contributed by atoms with Crippen molar-refractivity contribution >= 4 is 23.5 Å². The van der Waals surface area contributed by atoms with Crippen molar-refractivity contribution in [1.29, 1.82) is 0 Å². The zero-order valence-corrected chi connectivity index (χ0v) is 19.4. The number of nitrogens with one attached hydrogen (secondary N) is 2. The summed E-state index contributed by atoms with van der Waals surface area (Å²) in [6.07, 6.45) is 4.08. The molecule has 1 aromatic carbocycles. The Morgan fingerprint density at radius 2 is 1.87 bits per heavy atom. The van der Waals surface area contributed by atoms with Crippen LogP contribution in [0.25, 0.3) is 0 Å². The highest BCUT2D eigenvalue weighted by atomic mass is 32.2. The lowest BCUT2D eigenvalue weighted by Gasteiger charge is -2.34. The van der Waals surface area contributed by atoms with Gasteiger partial charge in [-0.15, -0.1) is 11.8 Å². The molecule has 0 atom stereocenters. The van der Waals surface area contributed by atoms with Crippen LogP contribution in [-0.2, 0) is 13.1 Å². The molecule has 1 saturated heterocycles. The molecule has 2 heterocycles. The second kappa shape index (κ2) is 11.2. The predicted octanol–water partition coefficient (Wildman–Crippen LogP) is 3.12. The number of piperazine rings is 1. The third-order valence-electron chi connectivity index (χ3n) is 5.53. The van der Waals surface area contributed by atoms with Gasteiger partial charge in [0, 0.05) is 57.4 Å². The normalized spacial score (nSPS) is 15.3. The zero-order valence-electron chi connectivity index (χ0n) is 18.6. The van der Waals surface area contributed by atoms with Gasteiger partial charge >= 0.3 is 0 Å². The monoisotopic (exact) mass is 426 g/mol. The number of guanidine groups is 1. The summed E-state index contributed by atoms with van der Waals surface area (Å²) in [5, 5.41) is 6.80. The minimum absolute atomic E-state index is 0.694. The number of likely N-dealkylation sites (N-methyl/N-ethyl adjacent to an activating group) is 1. The van der Waals surface area contributed by atoms with Gasteiger partial charge in [-0.3, -0.25) is 4.99 Å². The van der Waals surface area contributed by atoms with E-state index < -0.39 is 0 Å². The number of nitrogens with zero attached hydrogens (tertiary/aromatic N) is 4. The number of hydrogen-bond donors (Lipinski definition) is 2. The van der Waals surface area contributed by atoms with Gasteiger partial charge < -0.3 is 20.4 Å². The van der Waals surface area contributed by atoms with Crippen LogP contribution in [-0.4, -0.2) is 61.9 Å². The molecule has 2 aromatic rings. The lowest BCUT2D eigenvalue weighted by atomic mass is 10.1. The molecule has 0 bridgehead atoms. The van der Waals surface area contributed by atoms with E-state index >= 15 is 0 Å². The van der Waals surface area contributed by atoms with E-state index in [0.717, 1.165) is 56.6 Å². The summed E-state index contributed by atoms with van der Waals surface area (Å²) in [5.74, 6) is 1.86. The molecular formula is C23H34N6S. The summed E-state index contributed by atoms with van der Waals surface area (Å²) in [6.45, 7) is 11.2. The van der Waals surface area contributed by atoms with Crippen LogP contribution in [0, 0.1) is 6.92 Å². The number of thioether (sulfide) groups is 1. The molecule has 1 aliphatic heterocycles. The molecule has 1 aliphatic rings. The Kier molecular flexibility index (Phi) is 8.39. The summed E-state index contributed by atoms with van der Waals surface area (Å²) in [4.78, 5) is 15.2. The van der Waals surface area contributed by atoms with Crippen LogP contribution in [0.1, 0.15) is 23.6 Å². The molecule has 6 nitrogen and oxygen atoms in total. The fourth-order valence-electron chi connectivity index (χ4n) is 3.58. The van der Waals surface area contributed by atoms with E-state index in [9.17, 15) is 0 Å². The third kappa shape index (κ3) is 6.12. The highest BCUT2D eigenvalue weighted by Crippen LogP contribution is 2.21. The van der Waals surface area contributed by atoms with Crippen LogP contribution in [0.2, 0.25) is 0 Å². The van der Waals surface area contributed by atoms with Gasteiger partial charge in [0.25, 0.3) is 0 Å². The molecule has 0 amide bonds. The SMILES string of the molecule is CCN1CCN(c2ccc(CNC(=NC)NCc3ccc(C)cc3SC)cn2)CC1. The van der Waals surface area contributed by atoms with Gasteiger partial charge in [-0.25, -0.2) is 4.98 Å². The molecule has 0 aliphatic carbocycles. The van der Waals surface area contributed by atoms with E-state index in [2.05, 4.69) is 80.8 Å². The van der Waals surface area contributed by atoms with Gasteiger partial charge in [-0.2, -0.15) is 0 Å². The number of aromatic nitrogens is 1. The Morgan fingerprint density at radius 1 is 1.10 bits per heavy atom. The first-order valence-electron chi connectivity index (χ1n) is 10.6. The quantitative estimate of drug-likeness (QED) is 0.403. The van der Waals surface area contributed by atoms with Crippen molar-refractivity contribution in [3.63, 3.8) is 0 Å². The summed E-state index contributed by atoms with van der Waals surface area (Å²) in [6, 6.07) is 10.9. The summed E-state index contributed by atoms with van der Waals surface area (Å²) in [5.41, 5.74) is 3.72. The van der Waals surface area contributed by atoms with Crippen LogP contribution in [0.5, 0.6) is 0 Å². The second-order valence-corrected chi connectivity index (χ2v) is 8.39. The first-order chi connectivity index (χ1) is 14.6. The van der Waals surface area contributed by atoms with E-state index in [1.54, 1.807) is 18.8 Å². The molecule has 0 unspecified atom stereocenters. The van der Waals surface area contributed by atoms with Crippen molar-refractivity contribution in [3.8, 4) is 0 Å². The van der Waals surface area contributed by atoms with Crippen molar-refractivity contribution in [2.45, 2.75) is 31.8 Å². The van der Waals surface area contributed by atoms with E-state index in [1.807, 2.05) is 6.20 Å². The van der Waals surface area contributed by atoms with Gasteiger partial charge in [0.2, 0.25) is 0 Å². The maximum atomic E-state index is 4.69. The molecule has 0 spiro atoms. The Bertz CT molecular complexity index is 828. The van der Waals surface area contributed by atoms with E-state index in [1.165, 1.54) is 16.0 Å². The van der Waals surface area contributed by atoms with Crippen LogP contribution in [0.3, 0.4) is 0 Å². The maximum Gasteiger partial charge on any atom is 0.191 e. The van der Waals surface area contributed by atoms with Crippen molar-refractivity contribution in [2.24, 2.45) is 4.99 Å². The number of pyridine rings is 1. The number of benzene rings is 1. The van der Waals surface area contributed by atoms with E-state index in [4.69, 9.17) is 0 Å². The van der Waals surface area contributed by atoms with Crippen molar-refractivity contribution < 1.29 is 0 Å². The van der Waals surface area contributed by atoms with Gasteiger partial charge in [-0.1, -0.05) is 25.1 Å². The Balaban J connectivity index is 1.49. The first-order valence-corrected chi connectivity index (χ1v) is 11.9. The lowest BCUT2D eigenvalue weighted by molar-refractivity contribution is 0.270. The molecule has 3 rings (SSSR count). The average Bonchev–Trinajstić information content (AvgIpc) is 2.80. The third-order valence-corrected chi connectivity index (χ3v) is 6.34. The minimum Gasteiger partial charge on any atom is -0.354 e. The summed E-state index contributed by atoms with van der Waals surface area (Å²) < 4.78 is 0. The van der Waals surface area contributed by atoms with Gasteiger partial charge in [0.15, 0.2) is 5.96 Å². The molecule has 7 heteroatoms. The summed E-state index contributed by atoms with van der Waals surface area (Å²) >= 11 is 1.78. The van der Waals surface area contributed by atoms with Crippen LogP contribution in [0.4, 0.5) is 5.82 Å². The molecule has 1 fully saturated rings. The molecule has 2 N–H and O–H groups in total. The smallest absolute Gasteiger partial charge is 0.191 e. The molecule has 0 radical (unpaired) electrons. The molecule has 0 saturated carbocycles. The van der Waals surface area contributed by atoms with Gasteiger partial charge in [0.1, 0.15) is 5.82 Å².